The zero-order valence-corrected chi connectivity index (χ0v) is 20.7. The van der Waals surface area contributed by atoms with Gasteiger partial charge in [0.25, 0.3) is 0 Å². The standard InChI is InChI=1S/C27H46O5/c1-6-17-20-12-16(28)9-10-26(20,4)21-13-22(29)27(5)18(14(2)11-15(3)25(31)32)7-8-19(27)23(21)24(17)30/h14-24,28-30H,6-13H2,1-5H3,(H,31,32)/t14-,15+,16-,17-,18-,19?,20+,21?,22+,23?,24?,26+,27-/m1/s1. The molecular formula is C27H46O5. The molecule has 0 aromatic carbocycles. The minimum atomic E-state index is -0.743. The molecule has 0 amide bonds. The second-order valence-corrected chi connectivity index (χ2v) is 12.6. The summed E-state index contributed by atoms with van der Waals surface area (Å²) in [5.41, 5.74) is -0.205. The lowest BCUT2D eigenvalue weighted by molar-refractivity contribution is -0.228. The Hall–Kier alpha value is -0.650. The van der Waals surface area contributed by atoms with Gasteiger partial charge in [0, 0.05) is 0 Å². The molecule has 0 spiro atoms. The summed E-state index contributed by atoms with van der Waals surface area (Å²) in [6, 6.07) is 0. The summed E-state index contributed by atoms with van der Waals surface area (Å²) in [6.45, 7) is 10.8. The third kappa shape index (κ3) is 3.48. The molecule has 32 heavy (non-hydrogen) atoms. The molecule has 0 aliphatic heterocycles. The third-order valence-electron chi connectivity index (χ3n) is 11.4. The molecule has 5 heteroatoms. The molecule has 4 saturated carbocycles. The van der Waals surface area contributed by atoms with Gasteiger partial charge in [-0.25, -0.2) is 0 Å². The van der Waals surface area contributed by atoms with Crippen LogP contribution in [0.5, 0.6) is 0 Å². The first-order chi connectivity index (χ1) is 15.0. The largest absolute Gasteiger partial charge is 0.481 e. The number of carboxylic acid groups (broad SMARTS) is 1. The van der Waals surface area contributed by atoms with Gasteiger partial charge in [0.1, 0.15) is 0 Å². The van der Waals surface area contributed by atoms with Crippen LogP contribution in [0.3, 0.4) is 0 Å². The zero-order valence-electron chi connectivity index (χ0n) is 20.7. The fourth-order valence-electron chi connectivity index (χ4n) is 9.71. The molecule has 4 rings (SSSR count). The molecule has 4 aliphatic carbocycles. The van der Waals surface area contributed by atoms with E-state index in [0.717, 1.165) is 44.9 Å². The molecule has 13 atom stereocenters. The number of hydrogen-bond acceptors (Lipinski definition) is 4. The molecule has 4 fully saturated rings. The molecule has 184 valence electrons. The van der Waals surface area contributed by atoms with Crippen LogP contribution in [0.1, 0.15) is 86.0 Å². The number of fused-ring (bicyclic) bond motifs is 5. The monoisotopic (exact) mass is 450 g/mol. The SMILES string of the molecule is CC[C@H]1C(O)C2C3CC[C@H]([C@H](C)C[C@H](C)C(=O)O)[C@@]3(C)[C@@H](O)CC2[C@@]2(C)CC[C@@H](O)C[C@@H]12. The van der Waals surface area contributed by atoms with Gasteiger partial charge < -0.3 is 20.4 Å². The summed E-state index contributed by atoms with van der Waals surface area (Å²) >= 11 is 0. The molecule has 0 saturated heterocycles. The predicted octanol–water partition coefficient (Wildman–Crippen LogP) is 4.33. The summed E-state index contributed by atoms with van der Waals surface area (Å²) in [4.78, 5) is 11.5. The molecule has 4 aliphatic rings. The average molecular weight is 451 g/mol. The molecule has 5 nitrogen and oxygen atoms in total. The summed E-state index contributed by atoms with van der Waals surface area (Å²) in [6.07, 6.45) is 5.85. The van der Waals surface area contributed by atoms with Crippen molar-refractivity contribution in [1.82, 2.24) is 0 Å². The van der Waals surface area contributed by atoms with Crippen molar-refractivity contribution in [2.24, 2.45) is 58.2 Å². The van der Waals surface area contributed by atoms with Gasteiger partial charge in [-0.15, -0.1) is 0 Å². The summed E-state index contributed by atoms with van der Waals surface area (Å²) in [7, 11) is 0. The number of hydrogen-bond donors (Lipinski definition) is 4. The molecule has 0 aromatic rings. The number of aliphatic carboxylic acids is 1. The van der Waals surface area contributed by atoms with Crippen LogP contribution < -0.4 is 0 Å². The van der Waals surface area contributed by atoms with Gasteiger partial charge in [-0.3, -0.25) is 4.79 Å². The van der Waals surface area contributed by atoms with Crippen molar-refractivity contribution >= 4 is 5.97 Å². The highest BCUT2D eigenvalue weighted by atomic mass is 16.4. The Morgan fingerprint density at radius 1 is 1.00 bits per heavy atom. The highest BCUT2D eigenvalue weighted by molar-refractivity contribution is 5.69. The van der Waals surface area contributed by atoms with Crippen LogP contribution in [-0.2, 0) is 4.79 Å². The fourth-order valence-corrected chi connectivity index (χ4v) is 9.71. The first-order valence-electron chi connectivity index (χ1n) is 13.2. The maximum Gasteiger partial charge on any atom is 0.306 e. The summed E-state index contributed by atoms with van der Waals surface area (Å²) < 4.78 is 0. The second-order valence-electron chi connectivity index (χ2n) is 12.6. The van der Waals surface area contributed by atoms with Crippen molar-refractivity contribution in [3.63, 3.8) is 0 Å². The smallest absolute Gasteiger partial charge is 0.306 e. The van der Waals surface area contributed by atoms with E-state index in [9.17, 15) is 25.2 Å². The van der Waals surface area contributed by atoms with E-state index in [4.69, 9.17) is 0 Å². The number of aliphatic hydroxyl groups is 3. The van der Waals surface area contributed by atoms with E-state index >= 15 is 0 Å². The lowest BCUT2D eigenvalue weighted by Crippen LogP contribution is -2.65. The second kappa shape index (κ2) is 8.53. The first-order valence-corrected chi connectivity index (χ1v) is 13.2. The van der Waals surface area contributed by atoms with Gasteiger partial charge in [0.05, 0.1) is 24.2 Å². The van der Waals surface area contributed by atoms with Crippen molar-refractivity contribution in [3.8, 4) is 0 Å². The van der Waals surface area contributed by atoms with Gasteiger partial charge in [-0.1, -0.05) is 41.0 Å². The third-order valence-corrected chi connectivity index (χ3v) is 11.4. The normalized spacial score (nSPS) is 52.4. The van der Waals surface area contributed by atoms with Gasteiger partial charge in [-0.2, -0.15) is 0 Å². The number of aliphatic hydroxyl groups excluding tert-OH is 3. The highest BCUT2D eigenvalue weighted by Gasteiger charge is 2.67. The van der Waals surface area contributed by atoms with Crippen molar-refractivity contribution < 1.29 is 25.2 Å². The quantitative estimate of drug-likeness (QED) is 0.500. The van der Waals surface area contributed by atoms with E-state index in [0.29, 0.717) is 12.3 Å². The van der Waals surface area contributed by atoms with Gasteiger partial charge in [0.2, 0.25) is 0 Å². The van der Waals surface area contributed by atoms with Gasteiger partial charge in [0.15, 0.2) is 0 Å². The molecule has 0 radical (unpaired) electrons. The topological polar surface area (TPSA) is 98.0 Å². The van der Waals surface area contributed by atoms with Crippen LogP contribution >= 0.6 is 0 Å². The summed E-state index contributed by atoms with van der Waals surface area (Å²) in [5, 5.41) is 43.3. The number of rotatable bonds is 5. The Labute approximate surface area is 194 Å². The van der Waals surface area contributed by atoms with Crippen LogP contribution in [0, 0.1) is 58.2 Å². The van der Waals surface area contributed by atoms with E-state index in [1.165, 1.54) is 0 Å². The first kappa shape index (κ1) is 24.5. The Kier molecular flexibility index (Phi) is 6.53. The summed E-state index contributed by atoms with van der Waals surface area (Å²) in [5.74, 6) is 0.687. The Morgan fingerprint density at radius 3 is 2.31 bits per heavy atom. The maximum atomic E-state index is 11.8. The fraction of sp³-hybridized carbons (Fsp3) is 0.963. The number of carbonyl (C=O) groups is 1. The number of carboxylic acids is 1. The minimum absolute atomic E-state index is 0.0631. The van der Waals surface area contributed by atoms with Crippen LogP contribution in [0.25, 0.3) is 0 Å². The molecule has 0 bridgehead atoms. The van der Waals surface area contributed by atoms with Crippen LogP contribution in [0.15, 0.2) is 0 Å². The van der Waals surface area contributed by atoms with Crippen molar-refractivity contribution in [3.05, 3.63) is 0 Å². The van der Waals surface area contributed by atoms with Crippen LogP contribution in [-0.4, -0.2) is 44.7 Å². The van der Waals surface area contributed by atoms with Crippen molar-refractivity contribution in [2.75, 3.05) is 0 Å². The Bertz CT molecular complexity index is 710. The van der Waals surface area contributed by atoms with Crippen molar-refractivity contribution in [2.45, 2.75) is 104 Å². The maximum absolute atomic E-state index is 11.8. The van der Waals surface area contributed by atoms with Crippen LogP contribution in [0.4, 0.5) is 0 Å². The Balaban J connectivity index is 1.66. The van der Waals surface area contributed by atoms with Crippen LogP contribution in [0.2, 0.25) is 0 Å². The van der Waals surface area contributed by atoms with E-state index < -0.39 is 12.1 Å². The highest BCUT2D eigenvalue weighted by Crippen LogP contribution is 2.69. The lowest BCUT2D eigenvalue weighted by Gasteiger charge is -2.65. The predicted molar refractivity (Wildman–Crippen MR) is 124 cm³/mol. The lowest BCUT2D eigenvalue weighted by atomic mass is 9.41. The van der Waals surface area contributed by atoms with E-state index in [2.05, 4.69) is 27.7 Å². The molecular weight excluding hydrogens is 404 g/mol. The molecule has 0 aromatic heterocycles. The molecule has 0 heterocycles. The van der Waals surface area contributed by atoms with Gasteiger partial charge in [-0.05, 0) is 97.2 Å². The molecule has 4 unspecified atom stereocenters. The minimum Gasteiger partial charge on any atom is -0.481 e. The zero-order chi connectivity index (χ0) is 23.6. The van der Waals surface area contributed by atoms with E-state index in [1.807, 2.05) is 0 Å². The van der Waals surface area contributed by atoms with E-state index in [1.54, 1.807) is 6.92 Å². The van der Waals surface area contributed by atoms with Gasteiger partial charge >= 0.3 is 5.97 Å². The molecule has 4 N–H and O–H groups in total. The average Bonchev–Trinajstić information content (AvgIpc) is 3.09. The van der Waals surface area contributed by atoms with E-state index in [-0.39, 0.29) is 64.5 Å². The van der Waals surface area contributed by atoms with Crippen molar-refractivity contribution in [1.29, 1.82) is 0 Å². The Morgan fingerprint density at radius 2 is 1.69 bits per heavy atom.